The molecule has 2 aromatic heterocycles. The lowest BCUT2D eigenvalue weighted by molar-refractivity contribution is 0.0780. The molecular formula is C25H27FN4O3. The maximum absolute atomic E-state index is 13.2. The average molecular weight is 451 g/mol. The van der Waals surface area contributed by atoms with Crippen LogP contribution in [0.4, 0.5) is 4.39 Å². The van der Waals surface area contributed by atoms with Crippen LogP contribution in [-0.2, 0) is 17.9 Å². The second-order valence-electron chi connectivity index (χ2n) is 8.22. The molecule has 0 spiro atoms. The van der Waals surface area contributed by atoms with Gasteiger partial charge < -0.3 is 14.6 Å². The van der Waals surface area contributed by atoms with Gasteiger partial charge in [-0.2, -0.15) is 0 Å². The minimum absolute atomic E-state index is 0.0625. The minimum atomic E-state index is -0.337. The maximum atomic E-state index is 13.2. The van der Waals surface area contributed by atoms with Crippen LogP contribution in [0.3, 0.4) is 0 Å². The molecule has 0 aliphatic carbocycles. The number of carbonyl (C=O) groups excluding carboxylic acids is 2. The van der Waals surface area contributed by atoms with E-state index in [0.29, 0.717) is 42.3 Å². The number of hydrogen-bond acceptors (Lipinski definition) is 5. The first-order valence-electron chi connectivity index (χ1n) is 11.1. The number of halogens is 1. The molecule has 3 heterocycles. The Morgan fingerprint density at radius 3 is 2.64 bits per heavy atom. The second kappa shape index (κ2) is 10.0. The molecule has 8 heteroatoms. The van der Waals surface area contributed by atoms with Crippen molar-refractivity contribution < 1.29 is 18.7 Å². The molecule has 0 radical (unpaired) electrons. The molecule has 1 aromatic carbocycles. The van der Waals surface area contributed by atoms with Gasteiger partial charge in [-0.3, -0.25) is 9.59 Å². The third-order valence-electron chi connectivity index (χ3n) is 5.98. The van der Waals surface area contributed by atoms with Gasteiger partial charge in [-0.05, 0) is 42.2 Å². The first-order chi connectivity index (χ1) is 16.0. The highest BCUT2D eigenvalue weighted by atomic mass is 19.1. The van der Waals surface area contributed by atoms with E-state index >= 15 is 0 Å². The highest BCUT2D eigenvalue weighted by molar-refractivity contribution is 6.01. The summed E-state index contributed by atoms with van der Waals surface area (Å²) in [5.74, 6) is -0.190. The van der Waals surface area contributed by atoms with Crippen LogP contribution in [0.5, 0.6) is 0 Å². The van der Waals surface area contributed by atoms with E-state index in [4.69, 9.17) is 4.74 Å². The molecule has 1 N–H and O–H groups in total. The number of ketones is 1. The number of hydrogen-bond donors (Lipinski definition) is 1. The van der Waals surface area contributed by atoms with Crippen molar-refractivity contribution in [1.82, 2.24) is 19.9 Å². The van der Waals surface area contributed by atoms with E-state index in [2.05, 4.69) is 15.3 Å². The van der Waals surface area contributed by atoms with E-state index in [-0.39, 0.29) is 42.5 Å². The van der Waals surface area contributed by atoms with Gasteiger partial charge >= 0.3 is 0 Å². The summed E-state index contributed by atoms with van der Waals surface area (Å²) in [5.41, 5.74) is 2.52. The molecule has 0 saturated heterocycles. The van der Waals surface area contributed by atoms with Gasteiger partial charge in [-0.1, -0.05) is 26.0 Å². The summed E-state index contributed by atoms with van der Waals surface area (Å²) >= 11 is 0. The van der Waals surface area contributed by atoms with E-state index in [1.807, 2.05) is 18.4 Å². The van der Waals surface area contributed by atoms with Gasteiger partial charge in [-0.15, -0.1) is 0 Å². The van der Waals surface area contributed by atoms with Crippen molar-refractivity contribution in [2.24, 2.45) is 0 Å². The summed E-state index contributed by atoms with van der Waals surface area (Å²) in [4.78, 5) is 34.9. The van der Waals surface area contributed by atoms with E-state index in [1.54, 1.807) is 36.7 Å². The lowest BCUT2D eigenvalue weighted by Gasteiger charge is -2.20. The molecule has 1 amide bonds. The van der Waals surface area contributed by atoms with Crippen molar-refractivity contribution >= 4 is 11.7 Å². The van der Waals surface area contributed by atoms with Crippen LogP contribution in [0.25, 0.3) is 0 Å². The molecule has 1 aliphatic rings. The number of Topliss-reactive ketones (excluding diaryl/α,β-unsaturated/α-hetero) is 1. The Morgan fingerprint density at radius 2 is 1.94 bits per heavy atom. The Kier molecular flexibility index (Phi) is 6.93. The molecule has 0 unspecified atom stereocenters. The fourth-order valence-corrected chi connectivity index (χ4v) is 4.12. The Hall–Kier alpha value is -3.39. The molecule has 4 rings (SSSR count). The number of nitrogens with zero attached hydrogens (tertiary/aromatic N) is 3. The topological polar surface area (TPSA) is 86.1 Å². The van der Waals surface area contributed by atoms with Gasteiger partial charge in [0.2, 0.25) is 0 Å². The van der Waals surface area contributed by atoms with Crippen molar-refractivity contribution in [2.45, 2.75) is 51.8 Å². The quantitative estimate of drug-likeness (QED) is 0.520. The van der Waals surface area contributed by atoms with E-state index in [9.17, 15) is 14.0 Å². The number of ether oxygens (including phenoxy) is 1. The zero-order chi connectivity index (χ0) is 23.4. The first kappa shape index (κ1) is 22.8. The summed E-state index contributed by atoms with van der Waals surface area (Å²) in [6.45, 7) is 5.14. The smallest absolute Gasteiger partial charge is 0.253 e. The first-order valence-corrected chi connectivity index (χ1v) is 11.1. The number of carbonyl (C=O) groups is 2. The summed E-state index contributed by atoms with van der Waals surface area (Å²) in [5, 5.41) is 2.99. The van der Waals surface area contributed by atoms with Crippen molar-refractivity contribution in [3.63, 3.8) is 0 Å². The Bertz CT molecular complexity index is 1130. The number of rotatable bonds is 8. The van der Waals surface area contributed by atoms with E-state index in [0.717, 1.165) is 5.56 Å². The second-order valence-corrected chi connectivity index (χ2v) is 8.22. The average Bonchev–Trinajstić information content (AvgIpc) is 3.23. The molecule has 0 bridgehead atoms. The molecule has 0 fully saturated rings. The normalized spacial score (nSPS) is 14.9. The zero-order valence-electron chi connectivity index (χ0n) is 18.8. The summed E-state index contributed by atoms with van der Waals surface area (Å²) in [6.07, 6.45) is 4.17. The van der Waals surface area contributed by atoms with Crippen LogP contribution in [0, 0.1) is 5.82 Å². The molecule has 1 aliphatic heterocycles. The summed E-state index contributed by atoms with van der Waals surface area (Å²) < 4.78 is 20.7. The predicted molar refractivity (Wildman–Crippen MR) is 120 cm³/mol. The molecule has 7 nitrogen and oxygen atoms in total. The molecule has 3 aromatic rings. The highest BCUT2D eigenvalue weighted by Gasteiger charge is 2.28. The number of aromatic nitrogens is 3. The van der Waals surface area contributed by atoms with Crippen LogP contribution in [-0.4, -0.2) is 32.8 Å². The zero-order valence-corrected chi connectivity index (χ0v) is 18.8. The van der Waals surface area contributed by atoms with Crippen molar-refractivity contribution in [1.29, 1.82) is 0 Å². The van der Waals surface area contributed by atoms with Gasteiger partial charge in [0.15, 0.2) is 5.78 Å². The number of fused-ring (bicyclic) bond motifs is 1. The van der Waals surface area contributed by atoms with Crippen molar-refractivity contribution in [3.8, 4) is 0 Å². The van der Waals surface area contributed by atoms with Crippen molar-refractivity contribution in [3.05, 3.63) is 82.9 Å². The fourth-order valence-electron chi connectivity index (χ4n) is 4.12. The van der Waals surface area contributed by atoms with Crippen molar-refractivity contribution in [2.75, 3.05) is 6.61 Å². The standard InChI is InChI=1S/C25H27FN4O3/c1-3-20(24-27-9-4-10-28-24)29-25(32)19-14-21(30-11-12-33-15-22(19)30)23(31)13-16(2)17-5-7-18(26)8-6-17/h4-10,14,16,20H,3,11-13,15H2,1-2H3,(H,29,32)/t16-,20+/m0/s1. The Morgan fingerprint density at radius 1 is 1.21 bits per heavy atom. The SMILES string of the molecule is CC[C@@H](NC(=O)c1cc(C(=O)C[C@H](C)c2ccc(F)cc2)n2c1COCC2)c1ncccn1. The van der Waals surface area contributed by atoms with Crippen LogP contribution in [0.2, 0.25) is 0 Å². The van der Waals surface area contributed by atoms with Crippen LogP contribution in [0.15, 0.2) is 48.8 Å². The lowest BCUT2D eigenvalue weighted by Crippen LogP contribution is -2.30. The number of nitrogens with one attached hydrogen (secondary N) is 1. The third kappa shape index (κ3) is 5.01. The third-order valence-corrected chi connectivity index (χ3v) is 5.98. The van der Waals surface area contributed by atoms with Crippen LogP contribution in [0.1, 0.15) is 76.6 Å². The summed E-state index contributed by atoms with van der Waals surface area (Å²) in [6, 6.07) is 9.25. The highest BCUT2D eigenvalue weighted by Crippen LogP contribution is 2.27. The van der Waals surface area contributed by atoms with Crippen LogP contribution >= 0.6 is 0 Å². The minimum Gasteiger partial charge on any atom is -0.373 e. The molecule has 2 atom stereocenters. The van der Waals surface area contributed by atoms with Crippen LogP contribution < -0.4 is 5.32 Å². The van der Waals surface area contributed by atoms with Gasteiger partial charge in [0, 0.05) is 25.4 Å². The van der Waals surface area contributed by atoms with Gasteiger partial charge in [0.25, 0.3) is 5.91 Å². The predicted octanol–water partition coefficient (Wildman–Crippen LogP) is 4.21. The number of amides is 1. The van der Waals surface area contributed by atoms with Gasteiger partial charge in [-0.25, -0.2) is 14.4 Å². The molecular weight excluding hydrogens is 423 g/mol. The Balaban J connectivity index is 1.56. The largest absolute Gasteiger partial charge is 0.373 e. The summed E-state index contributed by atoms with van der Waals surface area (Å²) in [7, 11) is 0. The van der Waals surface area contributed by atoms with E-state index in [1.165, 1.54) is 12.1 Å². The molecule has 0 saturated carbocycles. The molecule has 172 valence electrons. The fraction of sp³-hybridized carbons (Fsp3) is 0.360. The number of benzene rings is 1. The maximum Gasteiger partial charge on any atom is 0.253 e. The lowest BCUT2D eigenvalue weighted by atomic mass is 9.94. The molecule has 33 heavy (non-hydrogen) atoms. The van der Waals surface area contributed by atoms with E-state index < -0.39 is 0 Å². The Labute approximate surface area is 192 Å². The van der Waals surface area contributed by atoms with Gasteiger partial charge in [0.1, 0.15) is 11.6 Å². The monoisotopic (exact) mass is 450 g/mol. The van der Waals surface area contributed by atoms with Gasteiger partial charge in [0.05, 0.1) is 36.2 Å².